The molecule has 1 atom stereocenters. The number of urea groups is 1. The zero-order valence-corrected chi connectivity index (χ0v) is 11.5. The number of carboxylic acid groups (broad SMARTS) is 1. The molecule has 0 aromatic rings. The van der Waals surface area contributed by atoms with Gasteiger partial charge in [0.2, 0.25) is 5.91 Å². The maximum Gasteiger partial charge on any atom is 0.326 e. The van der Waals surface area contributed by atoms with Crippen molar-refractivity contribution in [3.63, 3.8) is 0 Å². The first-order chi connectivity index (χ1) is 8.82. The van der Waals surface area contributed by atoms with Gasteiger partial charge in [-0.1, -0.05) is 0 Å². The van der Waals surface area contributed by atoms with E-state index in [1.54, 1.807) is 4.90 Å². The topological polar surface area (TPSA) is 90.0 Å². The molecule has 1 fully saturated rings. The van der Waals surface area contributed by atoms with Crippen molar-refractivity contribution in [1.82, 2.24) is 15.1 Å². The van der Waals surface area contributed by atoms with Crippen LogP contribution in [0.3, 0.4) is 0 Å². The lowest BCUT2D eigenvalue weighted by molar-refractivity contribution is -0.141. The predicted octanol–water partition coefficient (Wildman–Crippen LogP) is 0.112. The van der Waals surface area contributed by atoms with Crippen molar-refractivity contribution in [3.05, 3.63) is 0 Å². The molecule has 7 nitrogen and oxygen atoms in total. The summed E-state index contributed by atoms with van der Waals surface area (Å²) >= 11 is 0. The van der Waals surface area contributed by atoms with Crippen LogP contribution in [0.1, 0.15) is 26.7 Å². The summed E-state index contributed by atoms with van der Waals surface area (Å²) in [4.78, 5) is 36.7. The van der Waals surface area contributed by atoms with E-state index in [2.05, 4.69) is 5.32 Å². The molecule has 1 unspecified atom stereocenters. The number of piperidine rings is 1. The zero-order chi connectivity index (χ0) is 14.6. The van der Waals surface area contributed by atoms with Crippen LogP contribution < -0.4 is 5.32 Å². The predicted molar refractivity (Wildman–Crippen MR) is 68.7 cm³/mol. The van der Waals surface area contributed by atoms with Gasteiger partial charge in [-0.15, -0.1) is 0 Å². The number of hydrogen-bond donors (Lipinski definition) is 2. The van der Waals surface area contributed by atoms with Crippen LogP contribution >= 0.6 is 0 Å². The summed E-state index contributed by atoms with van der Waals surface area (Å²) in [7, 11) is 1.49. The lowest BCUT2D eigenvalue weighted by Crippen LogP contribution is -2.52. The van der Waals surface area contributed by atoms with Crippen LogP contribution in [-0.4, -0.2) is 65.0 Å². The highest BCUT2D eigenvalue weighted by Gasteiger charge is 2.29. The van der Waals surface area contributed by atoms with Crippen LogP contribution in [0.25, 0.3) is 0 Å². The number of nitrogens with zero attached hydrogens (tertiary/aromatic N) is 2. The van der Waals surface area contributed by atoms with Gasteiger partial charge in [-0.2, -0.15) is 0 Å². The summed E-state index contributed by atoms with van der Waals surface area (Å²) in [5.74, 6) is -1.09. The molecule has 0 bridgehead atoms. The van der Waals surface area contributed by atoms with E-state index in [-0.39, 0.29) is 18.0 Å². The minimum absolute atomic E-state index is 0.0682. The fourth-order valence-electron chi connectivity index (χ4n) is 2.06. The lowest BCUT2D eigenvalue weighted by Gasteiger charge is -2.35. The highest BCUT2D eigenvalue weighted by molar-refractivity contribution is 5.82. The molecule has 0 aromatic carbocycles. The third-order valence-corrected chi connectivity index (χ3v) is 3.41. The smallest absolute Gasteiger partial charge is 0.326 e. The van der Waals surface area contributed by atoms with Crippen molar-refractivity contribution in [1.29, 1.82) is 0 Å². The number of likely N-dealkylation sites (N-methyl/N-ethyl adjacent to an activating group) is 1. The van der Waals surface area contributed by atoms with Crippen LogP contribution in [-0.2, 0) is 9.59 Å². The first-order valence-corrected chi connectivity index (χ1v) is 6.34. The van der Waals surface area contributed by atoms with E-state index in [0.717, 1.165) is 0 Å². The maximum absolute atomic E-state index is 12.1. The van der Waals surface area contributed by atoms with Gasteiger partial charge < -0.3 is 20.2 Å². The third-order valence-electron chi connectivity index (χ3n) is 3.41. The second kappa shape index (κ2) is 6.40. The lowest BCUT2D eigenvalue weighted by atomic mass is 10.1. The van der Waals surface area contributed by atoms with Crippen LogP contribution in [0.4, 0.5) is 4.79 Å². The molecule has 1 heterocycles. The number of hydrogen-bond acceptors (Lipinski definition) is 3. The highest BCUT2D eigenvalue weighted by Crippen LogP contribution is 2.13. The SMILES string of the molecule is CC(=O)NC1CCN(C(=O)N(C)C(C)C(=O)O)CC1. The maximum atomic E-state index is 12.1. The minimum atomic E-state index is -1.02. The molecule has 1 rings (SSSR count). The van der Waals surface area contributed by atoms with E-state index in [1.807, 2.05) is 0 Å². The third kappa shape index (κ3) is 4.11. The average molecular weight is 271 g/mol. The van der Waals surface area contributed by atoms with E-state index in [0.29, 0.717) is 25.9 Å². The molecule has 1 aliphatic heterocycles. The summed E-state index contributed by atoms with van der Waals surface area (Å²) in [5.41, 5.74) is 0. The van der Waals surface area contributed by atoms with Gasteiger partial charge in [0, 0.05) is 33.1 Å². The Morgan fingerprint density at radius 2 is 1.84 bits per heavy atom. The van der Waals surface area contributed by atoms with E-state index in [9.17, 15) is 14.4 Å². The number of likely N-dealkylation sites (tertiary alicyclic amines) is 1. The van der Waals surface area contributed by atoms with Crippen molar-refractivity contribution < 1.29 is 19.5 Å². The van der Waals surface area contributed by atoms with Crippen LogP contribution in [0.15, 0.2) is 0 Å². The normalized spacial score (nSPS) is 17.7. The van der Waals surface area contributed by atoms with Crippen molar-refractivity contribution in [2.45, 2.75) is 38.8 Å². The number of carboxylic acids is 1. The molecule has 0 aromatic heterocycles. The standard InChI is InChI=1S/C12H21N3O4/c1-8(11(17)18)14(3)12(19)15-6-4-10(5-7-15)13-9(2)16/h8,10H,4-7H2,1-3H3,(H,13,16)(H,17,18). The Morgan fingerprint density at radius 3 is 2.26 bits per heavy atom. The molecule has 1 saturated heterocycles. The van der Waals surface area contributed by atoms with Crippen molar-refractivity contribution >= 4 is 17.9 Å². The van der Waals surface area contributed by atoms with Crippen LogP contribution in [0.5, 0.6) is 0 Å². The molecular weight excluding hydrogens is 250 g/mol. The zero-order valence-electron chi connectivity index (χ0n) is 11.5. The van der Waals surface area contributed by atoms with Crippen molar-refractivity contribution in [3.8, 4) is 0 Å². The summed E-state index contributed by atoms with van der Waals surface area (Å²) in [5, 5.41) is 11.7. The highest BCUT2D eigenvalue weighted by atomic mass is 16.4. The molecule has 0 radical (unpaired) electrons. The molecule has 0 spiro atoms. The number of aliphatic carboxylic acids is 1. The Labute approximate surface area is 112 Å². The second-order valence-corrected chi connectivity index (χ2v) is 4.87. The van der Waals surface area contributed by atoms with Gasteiger partial charge in [0.15, 0.2) is 0 Å². The monoisotopic (exact) mass is 271 g/mol. The Kier molecular flexibility index (Phi) is 5.14. The molecule has 7 heteroatoms. The summed E-state index contributed by atoms with van der Waals surface area (Å²) in [6.45, 7) is 4.01. The first-order valence-electron chi connectivity index (χ1n) is 6.34. The number of carbonyl (C=O) groups excluding carboxylic acids is 2. The van der Waals surface area contributed by atoms with E-state index in [4.69, 9.17) is 5.11 Å². The Hall–Kier alpha value is -1.79. The number of amides is 3. The summed E-state index contributed by atoms with van der Waals surface area (Å²) < 4.78 is 0. The molecule has 2 N–H and O–H groups in total. The molecule has 0 aliphatic carbocycles. The van der Waals surface area contributed by atoms with Gasteiger partial charge in [0.1, 0.15) is 6.04 Å². The van der Waals surface area contributed by atoms with E-state index in [1.165, 1.54) is 25.8 Å². The van der Waals surface area contributed by atoms with Gasteiger partial charge in [0.25, 0.3) is 0 Å². The summed E-state index contributed by atoms with van der Waals surface area (Å²) in [6.07, 6.45) is 1.39. The molecule has 3 amide bonds. The van der Waals surface area contributed by atoms with Crippen molar-refractivity contribution in [2.24, 2.45) is 0 Å². The van der Waals surface area contributed by atoms with Crippen LogP contribution in [0, 0.1) is 0 Å². The van der Waals surface area contributed by atoms with Crippen LogP contribution in [0.2, 0.25) is 0 Å². The number of carbonyl (C=O) groups is 3. The molecule has 1 aliphatic rings. The fourth-order valence-corrected chi connectivity index (χ4v) is 2.06. The largest absolute Gasteiger partial charge is 0.480 e. The van der Waals surface area contributed by atoms with E-state index >= 15 is 0 Å². The number of rotatable bonds is 3. The van der Waals surface area contributed by atoms with Gasteiger partial charge >= 0.3 is 12.0 Å². The second-order valence-electron chi connectivity index (χ2n) is 4.87. The quantitative estimate of drug-likeness (QED) is 0.762. The molecule has 0 saturated carbocycles. The summed E-state index contributed by atoms with van der Waals surface area (Å²) in [6, 6.07) is -1.03. The molecule has 19 heavy (non-hydrogen) atoms. The molecule has 108 valence electrons. The van der Waals surface area contributed by atoms with Gasteiger partial charge in [0.05, 0.1) is 0 Å². The van der Waals surface area contributed by atoms with Crippen molar-refractivity contribution in [2.75, 3.05) is 20.1 Å². The average Bonchev–Trinajstić information content (AvgIpc) is 2.36. The van der Waals surface area contributed by atoms with Gasteiger partial charge in [-0.3, -0.25) is 4.79 Å². The number of nitrogens with one attached hydrogen (secondary N) is 1. The minimum Gasteiger partial charge on any atom is -0.480 e. The Morgan fingerprint density at radius 1 is 1.32 bits per heavy atom. The van der Waals surface area contributed by atoms with Gasteiger partial charge in [-0.05, 0) is 19.8 Å². The fraction of sp³-hybridized carbons (Fsp3) is 0.750. The Balaban J connectivity index is 2.48. The Bertz CT molecular complexity index is 364. The molecular formula is C12H21N3O4. The van der Waals surface area contributed by atoms with E-state index < -0.39 is 12.0 Å². The van der Waals surface area contributed by atoms with Gasteiger partial charge in [-0.25, -0.2) is 9.59 Å². The first kappa shape index (κ1) is 15.3.